The van der Waals surface area contributed by atoms with Crippen LogP contribution in [0.3, 0.4) is 0 Å². The highest BCUT2D eigenvalue weighted by Gasteiger charge is 2.17. The van der Waals surface area contributed by atoms with E-state index in [0.717, 1.165) is 18.5 Å². The van der Waals surface area contributed by atoms with Crippen LogP contribution in [0, 0.1) is 0 Å². The molecule has 118 valence electrons. The summed E-state index contributed by atoms with van der Waals surface area (Å²) in [6, 6.07) is 8.79. The first kappa shape index (κ1) is 17.7. The average molecular weight is 291 g/mol. The maximum absolute atomic E-state index is 11.3. The van der Waals surface area contributed by atoms with Gasteiger partial charge < -0.3 is 10.4 Å². The molecule has 1 atom stereocenters. The molecule has 0 fully saturated rings. The van der Waals surface area contributed by atoms with Crippen LogP contribution in [0.1, 0.15) is 69.9 Å². The second-order valence-electron chi connectivity index (χ2n) is 5.61. The van der Waals surface area contributed by atoms with E-state index < -0.39 is 12.0 Å². The highest BCUT2D eigenvalue weighted by molar-refractivity contribution is 5.75. The van der Waals surface area contributed by atoms with Crippen LogP contribution in [0.25, 0.3) is 0 Å². The van der Waals surface area contributed by atoms with E-state index in [4.69, 9.17) is 0 Å². The van der Waals surface area contributed by atoms with Crippen LogP contribution in [-0.4, -0.2) is 17.6 Å². The lowest BCUT2D eigenvalue weighted by Crippen LogP contribution is -2.29. The molecule has 0 heterocycles. The molecule has 0 bridgehead atoms. The second kappa shape index (κ2) is 11.3. The van der Waals surface area contributed by atoms with Gasteiger partial charge in [0.25, 0.3) is 0 Å². The van der Waals surface area contributed by atoms with Crippen molar-refractivity contribution in [3.8, 4) is 0 Å². The Hall–Kier alpha value is -1.35. The monoisotopic (exact) mass is 291 g/mol. The Balaban J connectivity index is 2.13. The Morgan fingerprint density at radius 2 is 1.57 bits per heavy atom. The first-order chi connectivity index (χ1) is 10.3. The van der Waals surface area contributed by atoms with Crippen molar-refractivity contribution in [2.45, 2.75) is 64.3 Å². The maximum atomic E-state index is 11.3. The summed E-state index contributed by atoms with van der Waals surface area (Å²) < 4.78 is 0. The van der Waals surface area contributed by atoms with Gasteiger partial charge in [0.1, 0.15) is 6.04 Å². The van der Waals surface area contributed by atoms with E-state index in [1.54, 1.807) is 0 Å². The summed E-state index contributed by atoms with van der Waals surface area (Å²) in [7, 11) is 0. The first-order valence-electron chi connectivity index (χ1n) is 8.27. The molecule has 0 saturated carbocycles. The molecule has 0 aliphatic heterocycles. The van der Waals surface area contributed by atoms with Gasteiger partial charge >= 0.3 is 5.97 Å². The van der Waals surface area contributed by atoms with Crippen LogP contribution in [-0.2, 0) is 4.79 Å². The first-order valence-corrected chi connectivity index (χ1v) is 8.27. The fourth-order valence-electron chi connectivity index (χ4n) is 2.50. The molecule has 1 rings (SSSR count). The number of carboxylic acid groups (broad SMARTS) is 1. The lowest BCUT2D eigenvalue weighted by molar-refractivity contribution is -0.139. The van der Waals surface area contributed by atoms with Gasteiger partial charge in [0.15, 0.2) is 0 Å². The lowest BCUT2D eigenvalue weighted by Gasteiger charge is -2.14. The molecular weight excluding hydrogens is 262 g/mol. The molecule has 0 saturated heterocycles. The minimum Gasteiger partial charge on any atom is -0.480 e. The van der Waals surface area contributed by atoms with Gasteiger partial charge in [0.05, 0.1) is 0 Å². The predicted molar refractivity (Wildman–Crippen MR) is 87.4 cm³/mol. The quantitative estimate of drug-likeness (QED) is 0.556. The summed E-state index contributed by atoms with van der Waals surface area (Å²) in [5.41, 5.74) is 0.824. The van der Waals surface area contributed by atoms with Gasteiger partial charge in [-0.05, 0) is 18.5 Å². The van der Waals surface area contributed by atoms with Gasteiger partial charge in [-0.3, -0.25) is 4.79 Å². The van der Waals surface area contributed by atoms with Crippen molar-refractivity contribution in [1.29, 1.82) is 0 Å². The zero-order chi connectivity index (χ0) is 15.3. The van der Waals surface area contributed by atoms with Gasteiger partial charge in [-0.15, -0.1) is 0 Å². The van der Waals surface area contributed by atoms with E-state index in [2.05, 4.69) is 12.2 Å². The topological polar surface area (TPSA) is 49.3 Å². The van der Waals surface area contributed by atoms with Crippen LogP contribution in [0.4, 0.5) is 0 Å². The Kier molecular flexibility index (Phi) is 9.55. The fourth-order valence-corrected chi connectivity index (χ4v) is 2.50. The maximum Gasteiger partial charge on any atom is 0.325 e. The molecule has 3 nitrogen and oxygen atoms in total. The number of carboxylic acids is 1. The van der Waals surface area contributed by atoms with E-state index in [9.17, 15) is 9.90 Å². The molecular formula is C18H29NO2. The van der Waals surface area contributed by atoms with E-state index in [-0.39, 0.29) is 0 Å². The van der Waals surface area contributed by atoms with Crippen LogP contribution >= 0.6 is 0 Å². The zero-order valence-electron chi connectivity index (χ0n) is 13.2. The van der Waals surface area contributed by atoms with Crippen molar-refractivity contribution in [3.63, 3.8) is 0 Å². The summed E-state index contributed by atoms with van der Waals surface area (Å²) in [6.45, 7) is 3.00. The second-order valence-corrected chi connectivity index (χ2v) is 5.61. The predicted octanol–water partition coefficient (Wildman–Crippen LogP) is 4.54. The molecule has 21 heavy (non-hydrogen) atoms. The van der Waals surface area contributed by atoms with Gasteiger partial charge in [0, 0.05) is 0 Å². The van der Waals surface area contributed by atoms with E-state index >= 15 is 0 Å². The number of benzene rings is 1. The van der Waals surface area contributed by atoms with Crippen LogP contribution in [0.2, 0.25) is 0 Å². The molecule has 1 aromatic carbocycles. The smallest absolute Gasteiger partial charge is 0.325 e. The third-order valence-corrected chi connectivity index (χ3v) is 3.76. The largest absolute Gasteiger partial charge is 0.480 e. The van der Waals surface area contributed by atoms with Gasteiger partial charge in [-0.2, -0.15) is 0 Å². The van der Waals surface area contributed by atoms with Crippen molar-refractivity contribution < 1.29 is 9.90 Å². The molecule has 0 amide bonds. The standard InChI is InChI=1S/C18H29NO2/c1-2-3-4-5-6-7-8-12-15-19-17(18(20)21)16-13-10-9-11-14-16/h9-11,13-14,17,19H,2-8,12,15H2,1H3,(H,20,21). The summed E-state index contributed by atoms with van der Waals surface area (Å²) >= 11 is 0. The Bertz CT molecular complexity index is 378. The molecule has 3 heteroatoms. The van der Waals surface area contributed by atoms with Crippen molar-refractivity contribution in [2.75, 3.05) is 6.54 Å². The van der Waals surface area contributed by atoms with Crippen LogP contribution < -0.4 is 5.32 Å². The minimum atomic E-state index is -0.805. The van der Waals surface area contributed by atoms with Gasteiger partial charge in [-0.1, -0.05) is 82.2 Å². The number of nitrogens with one attached hydrogen (secondary N) is 1. The Labute approximate surface area is 128 Å². The SMILES string of the molecule is CCCCCCCCCCNC(C(=O)O)c1ccccc1. The molecule has 0 aliphatic rings. The summed E-state index contributed by atoms with van der Waals surface area (Å²) in [5, 5.41) is 12.4. The van der Waals surface area contributed by atoms with Crippen molar-refractivity contribution in [2.24, 2.45) is 0 Å². The Morgan fingerprint density at radius 1 is 1.00 bits per heavy atom. The van der Waals surface area contributed by atoms with E-state index in [0.29, 0.717) is 0 Å². The van der Waals surface area contributed by atoms with Crippen LogP contribution in [0.5, 0.6) is 0 Å². The zero-order valence-corrected chi connectivity index (χ0v) is 13.2. The highest BCUT2D eigenvalue weighted by atomic mass is 16.4. The normalized spacial score (nSPS) is 12.2. The molecule has 0 aliphatic carbocycles. The van der Waals surface area contributed by atoms with E-state index in [1.807, 2.05) is 30.3 Å². The van der Waals surface area contributed by atoms with Gasteiger partial charge in [0.2, 0.25) is 0 Å². The summed E-state index contributed by atoms with van der Waals surface area (Å²) in [5.74, 6) is -0.805. The summed E-state index contributed by atoms with van der Waals surface area (Å²) in [4.78, 5) is 11.3. The van der Waals surface area contributed by atoms with Crippen molar-refractivity contribution in [3.05, 3.63) is 35.9 Å². The third-order valence-electron chi connectivity index (χ3n) is 3.76. The molecule has 0 radical (unpaired) electrons. The number of carbonyl (C=O) groups is 1. The fraction of sp³-hybridized carbons (Fsp3) is 0.611. The Morgan fingerprint density at radius 3 is 2.14 bits per heavy atom. The molecule has 1 aromatic rings. The third kappa shape index (κ3) is 7.86. The highest BCUT2D eigenvalue weighted by Crippen LogP contribution is 2.13. The number of rotatable bonds is 12. The van der Waals surface area contributed by atoms with Crippen molar-refractivity contribution >= 4 is 5.97 Å². The minimum absolute atomic E-state index is 0.587. The summed E-state index contributed by atoms with van der Waals surface area (Å²) in [6.07, 6.45) is 10.1. The number of hydrogen-bond acceptors (Lipinski definition) is 2. The lowest BCUT2D eigenvalue weighted by atomic mass is 10.1. The molecule has 1 unspecified atom stereocenters. The molecule has 0 aromatic heterocycles. The average Bonchev–Trinajstić information content (AvgIpc) is 2.50. The number of hydrogen-bond donors (Lipinski definition) is 2. The molecule has 2 N–H and O–H groups in total. The van der Waals surface area contributed by atoms with Crippen LogP contribution in [0.15, 0.2) is 30.3 Å². The van der Waals surface area contributed by atoms with E-state index in [1.165, 1.54) is 44.9 Å². The molecule has 0 spiro atoms. The number of aliphatic carboxylic acids is 1. The van der Waals surface area contributed by atoms with Gasteiger partial charge in [-0.25, -0.2) is 0 Å². The van der Waals surface area contributed by atoms with Crippen molar-refractivity contribution in [1.82, 2.24) is 5.32 Å². The number of unbranched alkanes of at least 4 members (excludes halogenated alkanes) is 7.